The lowest BCUT2D eigenvalue weighted by Crippen LogP contribution is -2.29. The summed E-state index contributed by atoms with van der Waals surface area (Å²) in [5.41, 5.74) is 0. The van der Waals surface area contributed by atoms with Gasteiger partial charge in [-0.3, -0.25) is 18.6 Å². The van der Waals surface area contributed by atoms with Gasteiger partial charge in [0.05, 0.1) is 19.8 Å². The van der Waals surface area contributed by atoms with Crippen molar-refractivity contribution in [3.63, 3.8) is 0 Å². The Kier molecular flexibility index (Phi) is 46.2. The van der Waals surface area contributed by atoms with E-state index >= 15 is 0 Å². The van der Waals surface area contributed by atoms with E-state index in [4.69, 9.17) is 23.6 Å². The summed E-state index contributed by atoms with van der Waals surface area (Å²) >= 11 is 0. The van der Waals surface area contributed by atoms with Gasteiger partial charge in [-0.15, -0.1) is 0 Å². The fraction of sp³-hybridized carbons (Fsp3) is 0.882. The van der Waals surface area contributed by atoms with Crippen LogP contribution in [0.2, 0.25) is 0 Å². The topological polar surface area (TPSA) is 149 Å². The van der Waals surface area contributed by atoms with Gasteiger partial charge in [-0.2, -0.15) is 0 Å². The molecular weight excluding hydrogens is 804 g/mol. The molecule has 0 fully saturated rings. The van der Waals surface area contributed by atoms with Crippen LogP contribution in [0.3, 0.4) is 0 Å². The molecule has 62 heavy (non-hydrogen) atoms. The number of phosphoric ester groups is 1. The largest absolute Gasteiger partial charge is 0.472 e. The van der Waals surface area contributed by atoms with Crippen LogP contribution in [0.4, 0.5) is 0 Å². The zero-order chi connectivity index (χ0) is 45.5. The molecule has 3 N–H and O–H groups in total. The maximum Gasteiger partial charge on any atom is 0.472 e. The molecule has 3 atom stereocenters. The minimum atomic E-state index is -4.62. The quantitative estimate of drug-likeness (QED) is 0.0233. The monoisotopic (exact) mass is 901 g/mol. The van der Waals surface area contributed by atoms with Crippen molar-refractivity contribution in [3.05, 3.63) is 24.3 Å². The first-order valence-electron chi connectivity index (χ1n) is 25.8. The van der Waals surface area contributed by atoms with Crippen molar-refractivity contribution in [1.29, 1.82) is 0 Å². The molecule has 0 bridgehead atoms. The molecule has 10 nitrogen and oxygen atoms in total. The summed E-state index contributed by atoms with van der Waals surface area (Å²) in [6, 6.07) is 0. The predicted molar refractivity (Wildman–Crippen MR) is 256 cm³/mol. The van der Waals surface area contributed by atoms with Crippen LogP contribution in [0.1, 0.15) is 251 Å². The zero-order valence-electron chi connectivity index (χ0n) is 40.1. The molecular formula is C51H97O10P. The van der Waals surface area contributed by atoms with Crippen LogP contribution < -0.4 is 0 Å². The number of phosphoric acid groups is 1. The molecule has 0 aromatic heterocycles. The smallest absolute Gasteiger partial charge is 0.462 e. The lowest BCUT2D eigenvalue weighted by Gasteiger charge is -2.20. The summed E-state index contributed by atoms with van der Waals surface area (Å²) in [5.74, 6) is -0.913. The summed E-state index contributed by atoms with van der Waals surface area (Å²) in [5, 5.41) is 18.4. The van der Waals surface area contributed by atoms with E-state index in [2.05, 4.69) is 38.2 Å². The Hall–Kier alpha value is -1.55. The number of unbranched alkanes of at least 4 members (excludes halogenated alkanes) is 31. The molecule has 0 aliphatic rings. The number of esters is 2. The highest BCUT2D eigenvalue weighted by Crippen LogP contribution is 2.43. The molecule has 0 rings (SSSR count). The van der Waals surface area contributed by atoms with E-state index in [0.29, 0.717) is 12.8 Å². The van der Waals surface area contributed by atoms with Crippen LogP contribution in [0.5, 0.6) is 0 Å². The summed E-state index contributed by atoms with van der Waals surface area (Å²) in [6.45, 7) is 2.42. The molecule has 0 amide bonds. The minimum absolute atomic E-state index is 0.185. The average Bonchev–Trinajstić information content (AvgIpc) is 3.26. The van der Waals surface area contributed by atoms with E-state index in [1.54, 1.807) is 0 Å². The molecule has 11 heteroatoms. The predicted octanol–water partition coefficient (Wildman–Crippen LogP) is 14.5. The number of hydrogen-bond acceptors (Lipinski definition) is 9. The average molecular weight is 901 g/mol. The summed E-state index contributed by atoms with van der Waals surface area (Å²) in [4.78, 5) is 35.2. The molecule has 0 radical (unpaired) electrons. The molecule has 0 aliphatic carbocycles. The van der Waals surface area contributed by atoms with E-state index in [-0.39, 0.29) is 19.4 Å². The summed E-state index contributed by atoms with van der Waals surface area (Å²) < 4.78 is 32.9. The molecule has 0 spiro atoms. The first-order valence-corrected chi connectivity index (χ1v) is 27.3. The van der Waals surface area contributed by atoms with E-state index < -0.39 is 51.8 Å². The number of allylic oxidation sites excluding steroid dienone is 4. The Morgan fingerprint density at radius 3 is 1.24 bits per heavy atom. The number of aliphatic hydroxyl groups excluding tert-OH is 2. The Morgan fingerprint density at radius 1 is 0.484 bits per heavy atom. The van der Waals surface area contributed by atoms with Crippen molar-refractivity contribution in [1.82, 2.24) is 0 Å². The summed E-state index contributed by atoms with van der Waals surface area (Å²) in [7, 11) is -4.62. The third-order valence-corrected chi connectivity index (χ3v) is 12.3. The second-order valence-electron chi connectivity index (χ2n) is 17.6. The van der Waals surface area contributed by atoms with Crippen molar-refractivity contribution >= 4 is 19.8 Å². The van der Waals surface area contributed by atoms with Gasteiger partial charge < -0.3 is 24.6 Å². The Balaban J connectivity index is 4.14. The van der Waals surface area contributed by atoms with Crippen molar-refractivity contribution in [3.8, 4) is 0 Å². The number of carbonyl (C=O) groups excluding carboxylic acids is 2. The van der Waals surface area contributed by atoms with Gasteiger partial charge in [0.2, 0.25) is 0 Å². The normalized spacial score (nSPS) is 13.8. The van der Waals surface area contributed by atoms with Crippen LogP contribution >= 0.6 is 7.82 Å². The Labute approximate surface area is 380 Å². The standard InChI is InChI=1S/C51H97O10P/c1-3-5-7-9-11-13-15-17-19-21-22-23-24-25-26-27-29-31-33-35-37-39-41-43-51(55)61-49(47-60-62(56,57)59-45-48(53)44-52)46-58-50(54)42-40-38-36-34-32-30-28-20-18-16-14-12-10-8-6-4-2/h15,17,21-22,48-49,52-53H,3-14,16,18-20,23-47H2,1-2H3,(H,56,57)/b17-15-,22-21-. The van der Waals surface area contributed by atoms with Crippen LogP contribution in [-0.4, -0.2) is 65.7 Å². The van der Waals surface area contributed by atoms with Crippen molar-refractivity contribution in [2.24, 2.45) is 0 Å². The first-order chi connectivity index (χ1) is 30.2. The fourth-order valence-electron chi connectivity index (χ4n) is 7.38. The SMILES string of the molecule is CCCCCCC/C=C\C/C=C\CCCCCCCCCCCCCC(=O)OC(COC(=O)CCCCCCCCCCCCCCCCCC)COP(=O)(O)OCC(O)CO. The molecule has 0 heterocycles. The lowest BCUT2D eigenvalue weighted by atomic mass is 10.0. The van der Waals surface area contributed by atoms with Crippen LogP contribution in [-0.2, 0) is 32.7 Å². The van der Waals surface area contributed by atoms with Gasteiger partial charge in [0.15, 0.2) is 6.10 Å². The maximum absolute atomic E-state index is 12.7. The van der Waals surface area contributed by atoms with Gasteiger partial charge in [0, 0.05) is 12.8 Å². The number of carbonyl (C=O) groups is 2. The van der Waals surface area contributed by atoms with E-state index in [9.17, 15) is 24.2 Å². The Morgan fingerprint density at radius 2 is 0.839 bits per heavy atom. The van der Waals surface area contributed by atoms with Crippen molar-refractivity contribution in [2.75, 3.05) is 26.4 Å². The zero-order valence-corrected chi connectivity index (χ0v) is 41.0. The van der Waals surface area contributed by atoms with Gasteiger partial charge >= 0.3 is 19.8 Å². The number of rotatable bonds is 49. The molecule has 0 saturated carbocycles. The first kappa shape index (κ1) is 60.5. The van der Waals surface area contributed by atoms with Crippen LogP contribution in [0, 0.1) is 0 Å². The highest BCUT2D eigenvalue weighted by Gasteiger charge is 2.27. The van der Waals surface area contributed by atoms with Crippen molar-refractivity contribution in [2.45, 2.75) is 264 Å². The third-order valence-electron chi connectivity index (χ3n) is 11.4. The highest BCUT2D eigenvalue weighted by molar-refractivity contribution is 7.47. The molecule has 0 aliphatic heterocycles. The van der Waals surface area contributed by atoms with E-state index in [0.717, 1.165) is 44.9 Å². The van der Waals surface area contributed by atoms with Gasteiger partial charge in [-0.25, -0.2) is 4.57 Å². The van der Waals surface area contributed by atoms with Gasteiger partial charge in [-0.05, 0) is 44.9 Å². The van der Waals surface area contributed by atoms with Crippen LogP contribution in [0.15, 0.2) is 24.3 Å². The van der Waals surface area contributed by atoms with E-state index in [1.165, 1.54) is 167 Å². The molecule has 366 valence electrons. The van der Waals surface area contributed by atoms with Gasteiger partial charge in [0.25, 0.3) is 0 Å². The second-order valence-corrected chi connectivity index (χ2v) is 19.0. The highest BCUT2D eigenvalue weighted by atomic mass is 31.2. The number of aliphatic hydroxyl groups is 2. The fourth-order valence-corrected chi connectivity index (χ4v) is 8.17. The number of hydrogen-bond donors (Lipinski definition) is 3. The Bertz CT molecular complexity index is 1080. The molecule has 0 saturated heterocycles. The number of ether oxygens (including phenoxy) is 2. The second kappa shape index (κ2) is 47.4. The third kappa shape index (κ3) is 46.4. The molecule has 3 unspecified atom stereocenters. The minimum Gasteiger partial charge on any atom is -0.462 e. The van der Waals surface area contributed by atoms with Gasteiger partial charge in [-0.1, -0.05) is 218 Å². The molecule has 0 aromatic carbocycles. The summed E-state index contributed by atoms with van der Waals surface area (Å²) in [6.07, 6.45) is 50.0. The maximum atomic E-state index is 12.7. The van der Waals surface area contributed by atoms with Gasteiger partial charge in [0.1, 0.15) is 12.7 Å². The molecule has 0 aromatic rings. The van der Waals surface area contributed by atoms with Crippen LogP contribution in [0.25, 0.3) is 0 Å². The van der Waals surface area contributed by atoms with Crippen molar-refractivity contribution < 1.29 is 47.8 Å². The van der Waals surface area contributed by atoms with E-state index in [1.807, 2.05) is 0 Å². The lowest BCUT2D eigenvalue weighted by molar-refractivity contribution is -0.161.